The summed E-state index contributed by atoms with van der Waals surface area (Å²) in [5.41, 5.74) is 1.88. The fourth-order valence-corrected chi connectivity index (χ4v) is 5.51. The highest BCUT2D eigenvalue weighted by Crippen LogP contribution is 2.39. The molecule has 1 amide bonds. The quantitative estimate of drug-likeness (QED) is 0.569. The second-order valence-electron chi connectivity index (χ2n) is 8.00. The second kappa shape index (κ2) is 10.5. The number of nitrogens with zero attached hydrogens (tertiary/aromatic N) is 3. The molecule has 32 heavy (non-hydrogen) atoms. The van der Waals surface area contributed by atoms with Crippen molar-refractivity contribution in [3.63, 3.8) is 0 Å². The van der Waals surface area contributed by atoms with Gasteiger partial charge >= 0.3 is 0 Å². The molecule has 1 aliphatic carbocycles. The molecule has 8 heteroatoms. The number of aryl methyl sites for hydroxylation is 2. The van der Waals surface area contributed by atoms with E-state index in [1.54, 1.807) is 12.1 Å². The van der Waals surface area contributed by atoms with Crippen LogP contribution in [0.5, 0.6) is 17.2 Å². The van der Waals surface area contributed by atoms with E-state index >= 15 is 0 Å². The lowest BCUT2D eigenvalue weighted by molar-refractivity contribution is 0.0627. The van der Waals surface area contributed by atoms with Crippen LogP contribution in [0.4, 0.5) is 0 Å². The number of carbonyl (C=O) groups excluding carboxylic acids is 1. The summed E-state index contributed by atoms with van der Waals surface area (Å²) in [5.74, 6) is 1.67. The van der Waals surface area contributed by atoms with Crippen LogP contribution in [-0.2, 0) is 19.4 Å². The van der Waals surface area contributed by atoms with Crippen LogP contribution in [0.15, 0.2) is 12.1 Å². The zero-order valence-electron chi connectivity index (χ0n) is 19.3. The van der Waals surface area contributed by atoms with Crippen molar-refractivity contribution in [1.29, 1.82) is 0 Å². The maximum Gasteiger partial charge on any atom is 0.254 e. The molecule has 0 saturated carbocycles. The van der Waals surface area contributed by atoms with E-state index in [0.29, 0.717) is 55.7 Å². The Kier molecular flexibility index (Phi) is 7.52. The molecule has 1 aromatic carbocycles. The molecule has 7 nitrogen and oxygen atoms in total. The Morgan fingerprint density at radius 1 is 0.969 bits per heavy atom. The van der Waals surface area contributed by atoms with E-state index in [1.807, 2.05) is 37.0 Å². The minimum absolute atomic E-state index is 0.00262. The summed E-state index contributed by atoms with van der Waals surface area (Å²) in [4.78, 5) is 23.9. The molecular formula is C24H33N3O4S. The van der Waals surface area contributed by atoms with Crippen LogP contribution in [-0.4, -0.2) is 66.7 Å². The smallest absolute Gasteiger partial charge is 0.254 e. The largest absolute Gasteiger partial charge is 0.490 e. The fraction of sp³-hybridized carbons (Fsp3) is 0.583. The number of benzene rings is 1. The monoisotopic (exact) mass is 459 g/mol. The summed E-state index contributed by atoms with van der Waals surface area (Å²) in [6.45, 7) is 11.2. The van der Waals surface area contributed by atoms with Gasteiger partial charge in [-0.1, -0.05) is 0 Å². The molecule has 1 aromatic heterocycles. The van der Waals surface area contributed by atoms with Crippen LogP contribution in [0.3, 0.4) is 0 Å². The maximum atomic E-state index is 13.3. The number of rotatable bonds is 9. The summed E-state index contributed by atoms with van der Waals surface area (Å²) in [5, 5.41) is 1.21. The highest BCUT2D eigenvalue weighted by Gasteiger charge is 2.26. The number of piperazine rings is 1. The molecule has 2 heterocycles. The first-order valence-electron chi connectivity index (χ1n) is 11.7. The number of aromatic nitrogens is 1. The lowest BCUT2D eigenvalue weighted by Crippen LogP contribution is -2.48. The van der Waals surface area contributed by atoms with Gasteiger partial charge in [-0.05, 0) is 52.2 Å². The molecule has 0 unspecified atom stereocenters. The summed E-state index contributed by atoms with van der Waals surface area (Å²) in [6, 6.07) is 3.56. The topological polar surface area (TPSA) is 64.1 Å². The Hall–Kier alpha value is -2.32. The van der Waals surface area contributed by atoms with Crippen LogP contribution in [0.2, 0.25) is 0 Å². The lowest BCUT2D eigenvalue weighted by Gasteiger charge is -2.34. The highest BCUT2D eigenvalue weighted by atomic mass is 32.1. The molecule has 0 atom stereocenters. The van der Waals surface area contributed by atoms with Crippen molar-refractivity contribution in [2.45, 2.75) is 46.6 Å². The molecule has 0 radical (unpaired) electrons. The van der Waals surface area contributed by atoms with Crippen molar-refractivity contribution in [2.24, 2.45) is 0 Å². The van der Waals surface area contributed by atoms with E-state index < -0.39 is 0 Å². The molecule has 4 rings (SSSR count). The van der Waals surface area contributed by atoms with Gasteiger partial charge in [0.05, 0.1) is 32.1 Å². The SMILES string of the molecule is CCOc1cc(C(=O)N2CCN(Cc3nc4c(s3)CCC4)CC2)cc(OCC)c1OCC. The van der Waals surface area contributed by atoms with Gasteiger partial charge in [0.1, 0.15) is 5.01 Å². The zero-order valence-corrected chi connectivity index (χ0v) is 20.1. The number of amides is 1. The van der Waals surface area contributed by atoms with Gasteiger partial charge in [0.15, 0.2) is 11.5 Å². The van der Waals surface area contributed by atoms with Crippen LogP contribution < -0.4 is 14.2 Å². The number of thiazole rings is 1. The zero-order chi connectivity index (χ0) is 22.5. The lowest BCUT2D eigenvalue weighted by atomic mass is 10.1. The predicted octanol–water partition coefficient (Wildman–Crippen LogP) is 3.79. The second-order valence-corrected chi connectivity index (χ2v) is 9.17. The van der Waals surface area contributed by atoms with Crippen molar-refractivity contribution < 1.29 is 19.0 Å². The summed E-state index contributed by atoms with van der Waals surface area (Å²) in [7, 11) is 0. The summed E-state index contributed by atoms with van der Waals surface area (Å²) < 4.78 is 17.3. The van der Waals surface area contributed by atoms with Gasteiger partial charge in [-0.3, -0.25) is 9.69 Å². The third kappa shape index (κ3) is 5.02. The third-order valence-corrected chi connectivity index (χ3v) is 6.96. The Balaban J connectivity index is 1.42. The van der Waals surface area contributed by atoms with E-state index in [-0.39, 0.29) is 5.91 Å². The number of carbonyl (C=O) groups is 1. The van der Waals surface area contributed by atoms with Crippen LogP contribution in [0.25, 0.3) is 0 Å². The van der Waals surface area contributed by atoms with Gasteiger partial charge in [-0.25, -0.2) is 4.98 Å². The minimum atomic E-state index is 0.00262. The van der Waals surface area contributed by atoms with Gasteiger partial charge in [-0.2, -0.15) is 0 Å². The molecule has 0 N–H and O–H groups in total. The molecule has 0 spiro atoms. The number of fused-ring (bicyclic) bond motifs is 1. The van der Waals surface area contributed by atoms with Crippen LogP contribution in [0.1, 0.15) is 53.1 Å². The van der Waals surface area contributed by atoms with Crippen LogP contribution in [0, 0.1) is 0 Å². The Labute approximate surface area is 194 Å². The number of hydrogen-bond acceptors (Lipinski definition) is 7. The first-order chi connectivity index (χ1) is 15.6. The minimum Gasteiger partial charge on any atom is -0.490 e. The predicted molar refractivity (Wildman–Crippen MR) is 125 cm³/mol. The number of hydrogen-bond donors (Lipinski definition) is 0. The van der Waals surface area contributed by atoms with Crippen molar-refractivity contribution in [1.82, 2.24) is 14.8 Å². The molecule has 1 saturated heterocycles. The molecule has 2 aliphatic rings. The van der Waals surface area contributed by atoms with E-state index in [2.05, 4.69) is 4.90 Å². The molecular weight excluding hydrogens is 426 g/mol. The number of ether oxygens (including phenoxy) is 3. The summed E-state index contributed by atoms with van der Waals surface area (Å²) in [6.07, 6.45) is 3.56. The average molecular weight is 460 g/mol. The maximum absolute atomic E-state index is 13.3. The molecule has 2 aromatic rings. The van der Waals surface area contributed by atoms with Crippen molar-refractivity contribution >= 4 is 17.2 Å². The van der Waals surface area contributed by atoms with E-state index in [4.69, 9.17) is 19.2 Å². The van der Waals surface area contributed by atoms with Crippen molar-refractivity contribution in [3.05, 3.63) is 33.3 Å². The Morgan fingerprint density at radius 2 is 1.62 bits per heavy atom. The van der Waals surface area contributed by atoms with Crippen molar-refractivity contribution in [2.75, 3.05) is 46.0 Å². The molecule has 1 fully saturated rings. The van der Waals surface area contributed by atoms with E-state index in [1.165, 1.54) is 28.4 Å². The van der Waals surface area contributed by atoms with E-state index in [0.717, 1.165) is 26.1 Å². The van der Waals surface area contributed by atoms with Crippen LogP contribution >= 0.6 is 11.3 Å². The normalized spacial score (nSPS) is 16.2. The van der Waals surface area contributed by atoms with E-state index in [9.17, 15) is 4.79 Å². The molecule has 1 aliphatic heterocycles. The van der Waals surface area contributed by atoms with Gasteiger partial charge in [0.25, 0.3) is 5.91 Å². The Bertz CT molecular complexity index is 889. The highest BCUT2D eigenvalue weighted by molar-refractivity contribution is 7.11. The third-order valence-electron chi connectivity index (χ3n) is 5.81. The van der Waals surface area contributed by atoms with Gasteiger partial charge in [-0.15, -0.1) is 11.3 Å². The standard InChI is InChI=1S/C24H33N3O4S/c1-4-29-19-14-17(15-20(30-5-2)23(19)31-6-3)24(28)27-12-10-26(11-13-27)16-22-25-18-8-7-9-21(18)32-22/h14-15H,4-13,16H2,1-3H3. The van der Waals surface area contributed by atoms with Gasteiger partial charge in [0, 0.05) is 36.6 Å². The van der Waals surface area contributed by atoms with Gasteiger partial charge in [0.2, 0.25) is 5.75 Å². The first-order valence-corrected chi connectivity index (χ1v) is 12.5. The van der Waals surface area contributed by atoms with Gasteiger partial charge < -0.3 is 19.1 Å². The first kappa shape index (κ1) is 22.9. The summed E-state index contributed by atoms with van der Waals surface area (Å²) >= 11 is 1.86. The average Bonchev–Trinajstić information content (AvgIpc) is 3.38. The molecule has 0 bridgehead atoms. The Morgan fingerprint density at radius 3 is 2.22 bits per heavy atom. The van der Waals surface area contributed by atoms with Crippen molar-refractivity contribution in [3.8, 4) is 17.2 Å². The fourth-order valence-electron chi connectivity index (χ4n) is 4.31. The molecule has 174 valence electrons.